The minimum absolute atomic E-state index is 0.000537. The number of nitrogens with one attached hydrogen (secondary N) is 1. The number of ether oxygens (including phenoxy) is 2. The highest BCUT2D eigenvalue weighted by atomic mass is 16.6. The van der Waals surface area contributed by atoms with Crippen LogP contribution in [0.5, 0.6) is 0 Å². The molecule has 0 aliphatic carbocycles. The SMILES string of the molecule is CC(=O)C/C=C\C(OC(C)=O)[C@H](C)NC(=O)OC(C)(C)C. The predicted molar refractivity (Wildman–Crippen MR) is 78.8 cm³/mol. The van der Waals surface area contributed by atoms with E-state index in [0.29, 0.717) is 0 Å². The summed E-state index contributed by atoms with van der Waals surface area (Å²) in [5.74, 6) is -0.467. The Labute approximate surface area is 125 Å². The van der Waals surface area contributed by atoms with E-state index in [9.17, 15) is 14.4 Å². The number of carbonyl (C=O) groups excluding carboxylic acids is 3. The van der Waals surface area contributed by atoms with Gasteiger partial charge < -0.3 is 14.8 Å². The molecule has 0 saturated heterocycles. The molecule has 0 saturated carbocycles. The molecule has 0 aromatic carbocycles. The van der Waals surface area contributed by atoms with Crippen molar-refractivity contribution in [1.82, 2.24) is 5.32 Å². The molecule has 0 bridgehead atoms. The molecule has 1 unspecified atom stereocenters. The number of amides is 1. The maximum atomic E-state index is 11.7. The lowest BCUT2D eigenvalue weighted by atomic mass is 10.1. The van der Waals surface area contributed by atoms with Crippen LogP contribution in [-0.2, 0) is 19.1 Å². The molecule has 1 amide bonds. The van der Waals surface area contributed by atoms with E-state index in [1.807, 2.05) is 0 Å². The summed E-state index contributed by atoms with van der Waals surface area (Å²) in [6.45, 7) is 9.71. The standard InChI is InChI=1S/C15H25NO5/c1-10(17)8-7-9-13(20-12(3)18)11(2)16-14(19)21-15(4,5)6/h7,9,11,13H,8H2,1-6H3,(H,16,19)/b9-7-/t11-,13?/m0/s1. The fourth-order valence-electron chi connectivity index (χ4n) is 1.44. The molecule has 21 heavy (non-hydrogen) atoms. The Morgan fingerprint density at radius 1 is 1.19 bits per heavy atom. The first kappa shape index (κ1) is 19.1. The molecule has 0 rings (SSSR count). The van der Waals surface area contributed by atoms with Gasteiger partial charge in [-0.1, -0.05) is 6.08 Å². The predicted octanol–water partition coefficient (Wildman–Crippen LogP) is 2.37. The van der Waals surface area contributed by atoms with Crippen molar-refractivity contribution in [2.24, 2.45) is 0 Å². The van der Waals surface area contributed by atoms with E-state index in [1.54, 1.807) is 39.8 Å². The van der Waals surface area contributed by atoms with Gasteiger partial charge in [-0.15, -0.1) is 0 Å². The molecular weight excluding hydrogens is 274 g/mol. The summed E-state index contributed by atoms with van der Waals surface area (Å²) in [5.41, 5.74) is -0.606. The van der Waals surface area contributed by atoms with Crippen LogP contribution in [0.1, 0.15) is 48.0 Å². The van der Waals surface area contributed by atoms with Crippen molar-refractivity contribution in [3.05, 3.63) is 12.2 Å². The highest BCUT2D eigenvalue weighted by molar-refractivity contribution is 5.77. The number of carbonyl (C=O) groups is 3. The average Bonchev–Trinajstić information content (AvgIpc) is 2.23. The van der Waals surface area contributed by atoms with Crippen LogP contribution in [0.3, 0.4) is 0 Å². The Balaban J connectivity index is 4.67. The average molecular weight is 299 g/mol. The zero-order valence-electron chi connectivity index (χ0n) is 13.6. The van der Waals surface area contributed by atoms with Crippen LogP contribution in [0.4, 0.5) is 4.79 Å². The van der Waals surface area contributed by atoms with Gasteiger partial charge in [0.2, 0.25) is 0 Å². The van der Waals surface area contributed by atoms with E-state index in [4.69, 9.17) is 9.47 Å². The van der Waals surface area contributed by atoms with Gasteiger partial charge in [0, 0.05) is 13.3 Å². The number of hydrogen-bond donors (Lipinski definition) is 1. The van der Waals surface area contributed by atoms with Gasteiger partial charge in [-0.25, -0.2) is 4.79 Å². The van der Waals surface area contributed by atoms with E-state index < -0.39 is 29.8 Å². The van der Waals surface area contributed by atoms with Crippen molar-refractivity contribution < 1.29 is 23.9 Å². The Bertz CT molecular complexity index is 409. The highest BCUT2D eigenvalue weighted by Crippen LogP contribution is 2.09. The van der Waals surface area contributed by atoms with E-state index in [-0.39, 0.29) is 12.2 Å². The van der Waals surface area contributed by atoms with Gasteiger partial charge in [0.25, 0.3) is 0 Å². The fourth-order valence-corrected chi connectivity index (χ4v) is 1.44. The van der Waals surface area contributed by atoms with Gasteiger partial charge in [-0.05, 0) is 40.7 Å². The second-order valence-electron chi connectivity index (χ2n) is 5.84. The third-order valence-corrected chi connectivity index (χ3v) is 2.27. The number of allylic oxidation sites excluding steroid dienone is 1. The maximum Gasteiger partial charge on any atom is 0.408 e. The molecule has 0 aromatic rings. The van der Waals surface area contributed by atoms with Crippen LogP contribution in [0.25, 0.3) is 0 Å². The summed E-state index contributed by atoms with van der Waals surface area (Å²) in [6, 6.07) is -0.480. The molecule has 0 heterocycles. The number of hydrogen-bond acceptors (Lipinski definition) is 5. The lowest BCUT2D eigenvalue weighted by molar-refractivity contribution is -0.145. The van der Waals surface area contributed by atoms with Gasteiger partial charge in [0.1, 0.15) is 17.5 Å². The third-order valence-electron chi connectivity index (χ3n) is 2.27. The Morgan fingerprint density at radius 3 is 2.19 bits per heavy atom. The van der Waals surface area contributed by atoms with Gasteiger partial charge in [-0.3, -0.25) is 9.59 Å². The quantitative estimate of drug-likeness (QED) is 0.601. The van der Waals surface area contributed by atoms with E-state index in [0.717, 1.165) is 0 Å². The van der Waals surface area contributed by atoms with Crippen LogP contribution in [-0.4, -0.2) is 35.6 Å². The number of ketones is 1. The number of esters is 1. The van der Waals surface area contributed by atoms with E-state index in [2.05, 4.69) is 5.32 Å². The molecule has 0 aromatic heterocycles. The monoisotopic (exact) mass is 299 g/mol. The zero-order valence-corrected chi connectivity index (χ0v) is 13.6. The first-order chi connectivity index (χ1) is 9.51. The molecule has 0 spiro atoms. The molecule has 0 fully saturated rings. The van der Waals surface area contributed by atoms with Crippen molar-refractivity contribution >= 4 is 17.8 Å². The van der Waals surface area contributed by atoms with Crippen LogP contribution < -0.4 is 5.32 Å². The molecule has 0 aliphatic rings. The van der Waals surface area contributed by atoms with E-state index in [1.165, 1.54) is 13.8 Å². The van der Waals surface area contributed by atoms with Crippen LogP contribution in [0.2, 0.25) is 0 Å². The van der Waals surface area contributed by atoms with E-state index >= 15 is 0 Å². The lowest BCUT2D eigenvalue weighted by Gasteiger charge is -2.25. The molecular formula is C15H25NO5. The number of Topliss-reactive ketones (excluding diaryl/α,β-unsaturated/α-hetero) is 1. The summed E-state index contributed by atoms with van der Waals surface area (Å²) >= 11 is 0. The van der Waals surface area contributed by atoms with Crippen molar-refractivity contribution in [2.45, 2.75) is 65.7 Å². The molecule has 0 radical (unpaired) electrons. The van der Waals surface area contributed by atoms with Crippen LogP contribution in [0, 0.1) is 0 Å². The van der Waals surface area contributed by atoms with Gasteiger partial charge in [0.05, 0.1) is 6.04 Å². The normalized spacial score (nSPS) is 14.4. The minimum atomic E-state index is -0.658. The number of alkyl carbamates (subject to hydrolysis) is 1. The van der Waals surface area contributed by atoms with Crippen molar-refractivity contribution in [3.8, 4) is 0 Å². The lowest BCUT2D eigenvalue weighted by Crippen LogP contribution is -2.44. The molecule has 0 aliphatic heterocycles. The maximum absolute atomic E-state index is 11.7. The fraction of sp³-hybridized carbons (Fsp3) is 0.667. The van der Waals surface area contributed by atoms with Gasteiger partial charge in [-0.2, -0.15) is 0 Å². The zero-order chi connectivity index (χ0) is 16.6. The van der Waals surface area contributed by atoms with Crippen LogP contribution >= 0.6 is 0 Å². The number of rotatable bonds is 6. The second kappa shape index (κ2) is 8.44. The largest absolute Gasteiger partial charge is 0.456 e. The summed E-state index contributed by atoms with van der Waals surface area (Å²) in [6.07, 6.45) is 2.20. The molecule has 120 valence electrons. The molecule has 2 atom stereocenters. The van der Waals surface area contributed by atoms with Crippen LogP contribution in [0.15, 0.2) is 12.2 Å². The van der Waals surface area contributed by atoms with Crippen molar-refractivity contribution in [3.63, 3.8) is 0 Å². The topological polar surface area (TPSA) is 81.7 Å². The highest BCUT2D eigenvalue weighted by Gasteiger charge is 2.23. The molecule has 6 nitrogen and oxygen atoms in total. The molecule has 6 heteroatoms. The summed E-state index contributed by atoms with van der Waals surface area (Å²) in [5, 5.41) is 2.61. The smallest absolute Gasteiger partial charge is 0.408 e. The first-order valence-electron chi connectivity index (χ1n) is 6.84. The Hall–Kier alpha value is -1.85. The summed E-state index contributed by atoms with van der Waals surface area (Å²) in [7, 11) is 0. The third kappa shape index (κ3) is 10.6. The van der Waals surface area contributed by atoms with Gasteiger partial charge in [0.15, 0.2) is 0 Å². The van der Waals surface area contributed by atoms with Gasteiger partial charge >= 0.3 is 12.1 Å². The molecule has 1 N–H and O–H groups in total. The Morgan fingerprint density at radius 2 is 1.76 bits per heavy atom. The first-order valence-corrected chi connectivity index (χ1v) is 6.84. The van der Waals surface area contributed by atoms with Crippen molar-refractivity contribution in [1.29, 1.82) is 0 Å². The Kier molecular flexibility index (Phi) is 7.70. The minimum Gasteiger partial charge on any atom is -0.456 e. The summed E-state index contributed by atoms with van der Waals surface area (Å²) in [4.78, 5) is 33.7. The summed E-state index contributed by atoms with van der Waals surface area (Å²) < 4.78 is 10.3. The van der Waals surface area contributed by atoms with Crippen molar-refractivity contribution in [2.75, 3.05) is 0 Å². The second-order valence-corrected chi connectivity index (χ2v) is 5.84.